The molecular weight excluding hydrogens is 410 g/mol. The van der Waals surface area contributed by atoms with Crippen LogP contribution in [0.5, 0.6) is 0 Å². The summed E-state index contributed by atoms with van der Waals surface area (Å²) in [5.74, 6) is 0.681. The lowest BCUT2D eigenvalue weighted by Gasteiger charge is -2.19. The zero-order chi connectivity index (χ0) is 22.1. The summed E-state index contributed by atoms with van der Waals surface area (Å²) in [5.41, 5.74) is 3.57. The number of aliphatic hydroxyl groups is 1. The number of nitrogens with one attached hydrogen (secondary N) is 1. The molecule has 7 heteroatoms. The third-order valence-corrected chi connectivity index (χ3v) is 5.96. The average molecular weight is 440 g/mol. The Morgan fingerprint density at radius 2 is 1.90 bits per heavy atom. The molecule has 3 aromatic rings. The van der Waals surface area contributed by atoms with Crippen molar-refractivity contribution in [3.8, 4) is 0 Å². The van der Waals surface area contributed by atoms with Crippen LogP contribution < -0.4 is 5.32 Å². The molecule has 1 aromatic heterocycles. The first-order valence-electron chi connectivity index (χ1n) is 10.5. The number of benzene rings is 2. The Balaban J connectivity index is 1.75. The number of aliphatic hydroxyl groups excluding tert-OH is 1. The standard InChI is InChI=1S/C24H29N3O3S/c1-3-14-31-24-25-15-21(17-28)27(24)16-18-10-12-20(13-11-18)26-22(23(29)30-4-2)19-8-6-5-7-9-19/h5-13,15,22,26,28H,3-4,14,16-17H2,1-2H3. The highest BCUT2D eigenvalue weighted by atomic mass is 32.2. The van der Waals surface area contributed by atoms with Gasteiger partial charge in [0.25, 0.3) is 0 Å². The highest BCUT2D eigenvalue weighted by Crippen LogP contribution is 2.24. The zero-order valence-corrected chi connectivity index (χ0v) is 18.8. The monoisotopic (exact) mass is 439 g/mol. The molecule has 0 aliphatic rings. The fraction of sp³-hybridized carbons (Fsp3) is 0.333. The average Bonchev–Trinajstić information content (AvgIpc) is 3.19. The number of ether oxygens (including phenoxy) is 1. The van der Waals surface area contributed by atoms with E-state index in [1.807, 2.05) is 59.2 Å². The lowest BCUT2D eigenvalue weighted by atomic mass is 10.1. The first-order valence-corrected chi connectivity index (χ1v) is 11.5. The molecule has 2 N–H and O–H groups in total. The second-order valence-corrected chi connectivity index (χ2v) is 8.12. The van der Waals surface area contributed by atoms with E-state index in [-0.39, 0.29) is 12.6 Å². The predicted octanol–water partition coefficient (Wildman–Crippen LogP) is 4.64. The van der Waals surface area contributed by atoms with E-state index in [1.54, 1.807) is 24.9 Å². The Labute approximate surface area is 187 Å². The molecule has 0 aliphatic carbocycles. The summed E-state index contributed by atoms with van der Waals surface area (Å²) in [4.78, 5) is 17.0. The van der Waals surface area contributed by atoms with Crippen molar-refractivity contribution >= 4 is 23.4 Å². The maximum Gasteiger partial charge on any atom is 0.333 e. The maximum atomic E-state index is 12.5. The summed E-state index contributed by atoms with van der Waals surface area (Å²) in [5, 5.41) is 13.9. The molecule has 0 saturated heterocycles. The number of carbonyl (C=O) groups is 1. The summed E-state index contributed by atoms with van der Waals surface area (Å²) in [6, 6.07) is 16.9. The van der Waals surface area contributed by atoms with Crippen molar-refractivity contribution in [1.82, 2.24) is 9.55 Å². The third kappa shape index (κ3) is 6.12. The molecule has 1 atom stereocenters. The Hall–Kier alpha value is -2.77. The van der Waals surface area contributed by atoms with Gasteiger partial charge >= 0.3 is 5.97 Å². The molecule has 1 heterocycles. The van der Waals surface area contributed by atoms with Crippen LogP contribution in [-0.2, 0) is 22.7 Å². The smallest absolute Gasteiger partial charge is 0.333 e. The molecule has 164 valence electrons. The van der Waals surface area contributed by atoms with E-state index in [2.05, 4.69) is 17.2 Å². The molecule has 2 aromatic carbocycles. The number of esters is 1. The van der Waals surface area contributed by atoms with E-state index in [4.69, 9.17) is 4.74 Å². The number of nitrogens with zero attached hydrogens (tertiary/aromatic N) is 2. The Kier molecular flexibility index (Phi) is 8.55. The van der Waals surface area contributed by atoms with Crippen LogP contribution in [0.15, 0.2) is 66.0 Å². The fourth-order valence-electron chi connectivity index (χ4n) is 3.20. The molecule has 31 heavy (non-hydrogen) atoms. The van der Waals surface area contributed by atoms with Gasteiger partial charge in [0.15, 0.2) is 11.2 Å². The maximum absolute atomic E-state index is 12.5. The number of hydrogen-bond donors (Lipinski definition) is 2. The van der Waals surface area contributed by atoms with Gasteiger partial charge in [0, 0.05) is 18.0 Å². The summed E-state index contributed by atoms with van der Waals surface area (Å²) in [7, 11) is 0. The topological polar surface area (TPSA) is 76.4 Å². The summed E-state index contributed by atoms with van der Waals surface area (Å²) >= 11 is 1.70. The van der Waals surface area contributed by atoms with Crippen molar-refractivity contribution in [2.45, 2.75) is 44.6 Å². The molecule has 0 radical (unpaired) electrons. The highest BCUT2D eigenvalue weighted by Gasteiger charge is 2.21. The Morgan fingerprint density at radius 3 is 2.55 bits per heavy atom. The lowest BCUT2D eigenvalue weighted by Crippen LogP contribution is -2.23. The molecule has 1 unspecified atom stereocenters. The van der Waals surface area contributed by atoms with Crippen LogP contribution in [0.1, 0.15) is 43.1 Å². The van der Waals surface area contributed by atoms with Crippen molar-refractivity contribution < 1.29 is 14.6 Å². The molecule has 0 amide bonds. The van der Waals surface area contributed by atoms with Crippen molar-refractivity contribution in [3.63, 3.8) is 0 Å². The van der Waals surface area contributed by atoms with E-state index in [0.29, 0.717) is 13.2 Å². The minimum absolute atomic E-state index is 0.0440. The normalized spacial score (nSPS) is 11.8. The van der Waals surface area contributed by atoms with Gasteiger partial charge in [0.2, 0.25) is 0 Å². The van der Waals surface area contributed by atoms with Gasteiger partial charge in [-0.1, -0.05) is 61.2 Å². The van der Waals surface area contributed by atoms with Crippen molar-refractivity contribution in [1.29, 1.82) is 0 Å². The SMILES string of the molecule is CCCSc1ncc(CO)n1Cc1ccc(NC(C(=O)OCC)c2ccccc2)cc1. The fourth-order valence-corrected chi connectivity index (χ4v) is 4.05. The number of anilines is 1. The first-order chi connectivity index (χ1) is 15.2. The van der Waals surface area contributed by atoms with Crippen LogP contribution in [0.2, 0.25) is 0 Å². The van der Waals surface area contributed by atoms with Crippen LogP contribution in [0, 0.1) is 0 Å². The van der Waals surface area contributed by atoms with Crippen LogP contribution in [-0.4, -0.2) is 33.0 Å². The largest absolute Gasteiger partial charge is 0.464 e. The third-order valence-electron chi connectivity index (χ3n) is 4.76. The molecule has 0 aliphatic heterocycles. The van der Waals surface area contributed by atoms with Gasteiger partial charge in [-0.15, -0.1) is 0 Å². The van der Waals surface area contributed by atoms with Gasteiger partial charge in [-0.3, -0.25) is 0 Å². The van der Waals surface area contributed by atoms with Gasteiger partial charge in [-0.25, -0.2) is 9.78 Å². The number of rotatable bonds is 11. The molecule has 3 rings (SSSR count). The molecule has 0 saturated carbocycles. The highest BCUT2D eigenvalue weighted by molar-refractivity contribution is 7.99. The molecule has 0 bridgehead atoms. The van der Waals surface area contributed by atoms with Crippen LogP contribution in [0.3, 0.4) is 0 Å². The quantitative estimate of drug-likeness (QED) is 0.335. The van der Waals surface area contributed by atoms with Gasteiger partial charge < -0.3 is 19.7 Å². The number of hydrogen-bond acceptors (Lipinski definition) is 6. The van der Waals surface area contributed by atoms with Gasteiger partial charge in [-0.2, -0.15) is 0 Å². The van der Waals surface area contributed by atoms with Gasteiger partial charge in [0.1, 0.15) is 0 Å². The summed E-state index contributed by atoms with van der Waals surface area (Å²) in [6.07, 6.45) is 2.80. The second-order valence-electron chi connectivity index (χ2n) is 7.06. The second kappa shape index (κ2) is 11.6. The molecule has 6 nitrogen and oxygen atoms in total. The number of carbonyl (C=O) groups excluding carboxylic acids is 1. The van der Waals surface area contributed by atoms with E-state index in [9.17, 15) is 9.90 Å². The van der Waals surface area contributed by atoms with Gasteiger partial charge in [0.05, 0.1) is 25.1 Å². The molecule has 0 spiro atoms. The predicted molar refractivity (Wildman–Crippen MR) is 124 cm³/mol. The van der Waals surface area contributed by atoms with Crippen molar-refractivity contribution in [3.05, 3.63) is 77.6 Å². The minimum Gasteiger partial charge on any atom is -0.464 e. The minimum atomic E-state index is -0.571. The molecular formula is C24H29N3O3S. The van der Waals surface area contributed by atoms with Crippen LogP contribution in [0.25, 0.3) is 0 Å². The lowest BCUT2D eigenvalue weighted by molar-refractivity contribution is -0.144. The van der Waals surface area contributed by atoms with E-state index in [1.165, 1.54) is 0 Å². The Morgan fingerprint density at radius 1 is 1.16 bits per heavy atom. The summed E-state index contributed by atoms with van der Waals surface area (Å²) in [6.45, 7) is 4.86. The van der Waals surface area contributed by atoms with Crippen molar-refractivity contribution in [2.24, 2.45) is 0 Å². The van der Waals surface area contributed by atoms with Crippen LogP contribution >= 0.6 is 11.8 Å². The first kappa shape index (κ1) is 22.9. The molecule has 0 fully saturated rings. The van der Waals surface area contributed by atoms with E-state index in [0.717, 1.165) is 39.8 Å². The van der Waals surface area contributed by atoms with E-state index < -0.39 is 6.04 Å². The Bertz CT molecular complexity index is 958. The number of thioether (sulfide) groups is 1. The van der Waals surface area contributed by atoms with Crippen molar-refractivity contribution in [2.75, 3.05) is 17.7 Å². The van der Waals surface area contributed by atoms with E-state index >= 15 is 0 Å². The van der Waals surface area contributed by atoms with Gasteiger partial charge in [-0.05, 0) is 36.6 Å². The number of imidazole rings is 1. The van der Waals surface area contributed by atoms with Crippen LogP contribution in [0.4, 0.5) is 5.69 Å². The summed E-state index contributed by atoms with van der Waals surface area (Å²) < 4.78 is 7.31. The number of aromatic nitrogens is 2. The zero-order valence-electron chi connectivity index (χ0n) is 18.0.